The van der Waals surface area contributed by atoms with Gasteiger partial charge >= 0.3 is 0 Å². The molecule has 1 aromatic carbocycles. The molecular weight excluding hydrogens is 316 g/mol. The second-order valence-corrected chi connectivity index (χ2v) is 6.78. The second-order valence-electron chi connectivity index (χ2n) is 6.78. The van der Waals surface area contributed by atoms with E-state index < -0.39 is 5.66 Å². The molecular formula is C19H24N4O2. The highest BCUT2D eigenvalue weighted by atomic mass is 16.5. The standard InChI is InChI=1S/C19H24N4O2/c1-4-5-11-19(21-22-19)12-9-17(24)20-15-8-6-7-14-16(23(2)3)10-13-25-18(14)15/h1,6-8,16H,5,9-13H2,2-3H3,(H,20,24). The number of carbonyl (C=O) groups is 1. The summed E-state index contributed by atoms with van der Waals surface area (Å²) in [5.74, 6) is 3.32. The number of rotatable bonds is 7. The zero-order valence-corrected chi connectivity index (χ0v) is 14.8. The monoisotopic (exact) mass is 340 g/mol. The van der Waals surface area contributed by atoms with Crippen molar-refractivity contribution >= 4 is 11.6 Å². The fourth-order valence-electron chi connectivity index (χ4n) is 3.24. The number of fused-ring (bicyclic) bond motifs is 1. The van der Waals surface area contributed by atoms with Gasteiger partial charge in [-0.15, -0.1) is 12.3 Å². The van der Waals surface area contributed by atoms with E-state index in [0.29, 0.717) is 38.3 Å². The van der Waals surface area contributed by atoms with Gasteiger partial charge in [0.2, 0.25) is 5.91 Å². The van der Waals surface area contributed by atoms with Gasteiger partial charge in [-0.2, -0.15) is 10.2 Å². The molecule has 2 heterocycles. The van der Waals surface area contributed by atoms with Crippen molar-refractivity contribution in [3.63, 3.8) is 0 Å². The SMILES string of the molecule is C#CCCC1(CCC(=O)Nc2cccc3c2OCCC3N(C)C)N=N1. The van der Waals surface area contributed by atoms with E-state index in [1.807, 2.05) is 12.1 Å². The fraction of sp³-hybridized carbons (Fsp3) is 0.526. The van der Waals surface area contributed by atoms with E-state index in [2.05, 4.69) is 46.5 Å². The van der Waals surface area contributed by atoms with Crippen molar-refractivity contribution in [2.75, 3.05) is 26.0 Å². The molecule has 2 aliphatic heterocycles. The van der Waals surface area contributed by atoms with E-state index in [4.69, 9.17) is 11.2 Å². The van der Waals surface area contributed by atoms with Crippen LogP contribution in [0.25, 0.3) is 0 Å². The Labute approximate surface area is 148 Å². The molecule has 6 heteroatoms. The highest BCUT2D eigenvalue weighted by Crippen LogP contribution is 2.40. The van der Waals surface area contributed by atoms with Crippen molar-refractivity contribution in [3.8, 4) is 18.1 Å². The second kappa shape index (κ2) is 7.24. The number of amides is 1. The number of terminal acetylenes is 1. The lowest BCUT2D eigenvalue weighted by atomic mass is 9.98. The van der Waals surface area contributed by atoms with E-state index in [1.54, 1.807) is 0 Å². The minimum Gasteiger partial charge on any atom is -0.491 e. The largest absolute Gasteiger partial charge is 0.491 e. The molecule has 6 nitrogen and oxygen atoms in total. The van der Waals surface area contributed by atoms with Gasteiger partial charge in [0, 0.05) is 43.7 Å². The van der Waals surface area contributed by atoms with Crippen LogP contribution in [-0.2, 0) is 4.79 Å². The van der Waals surface area contributed by atoms with Gasteiger partial charge in [0.1, 0.15) is 5.75 Å². The third-order valence-electron chi connectivity index (χ3n) is 4.74. The molecule has 0 spiro atoms. The maximum Gasteiger partial charge on any atom is 0.224 e. The Hall–Kier alpha value is -2.39. The van der Waals surface area contributed by atoms with Gasteiger partial charge in [-0.1, -0.05) is 12.1 Å². The van der Waals surface area contributed by atoms with E-state index in [1.165, 1.54) is 0 Å². The number of hydrogen-bond acceptors (Lipinski definition) is 5. The number of benzene rings is 1. The zero-order chi connectivity index (χ0) is 17.9. The topological polar surface area (TPSA) is 66.3 Å². The summed E-state index contributed by atoms with van der Waals surface area (Å²) >= 11 is 0. The summed E-state index contributed by atoms with van der Waals surface area (Å²) in [6.45, 7) is 0.649. The van der Waals surface area contributed by atoms with Gasteiger partial charge in [-0.3, -0.25) is 4.79 Å². The number of carbonyl (C=O) groups excluding carboxylic acids is 1. The van der Waals surface area contributed by atoms with Crippen LogP contribution in [0, 0.1) is 12.3 Å². The Balaban J connectivity index is 1.63. The molecule has 0 aliphatic carbocycles. The molecule has 3 rings (SSSR count). The summed E-state index contributed by atoms with van der Waals surface area (Å²) < 4.78 is 5.85. The molecule has 1 amide bonds. The molecule has 1 N–H and O–H groups in total. The lowest BCUT2D eigenvalue weighted by molar-refractivity contribution is -0.116. The maximum absolute atomic E-state index is 12.4. The van der Waals surface area contributed by atoms with Gasteiger partial charge in [-0.25, -0.2) is 0 Å². The van der Waals surface area contributed by atoms with E-state index in [-0.39, 0.29) is 5.91 Å². The molecule has 1 aromatic rings. The van der Waals surface area contributed by atoms with Crippen molar-refractivity contribution < 1.29 is 9.53 Å². The van der Waals surface area contributed by atoms with Gasteiger partial charge < -0.3 is 15.0 Å². The van der Waals surface area contributed by atoms with E-state index in [0.717, 1.165) is 23.4 Å². The number of anilines is 1. The lowest BCUT2D eigenvalue weighted by Gasteiger charge is -2.31. The average Bonchev–Trinajstić information content (AvgIpc) is 3.38. The summed E-state index contributed by atoms with van der Waals surface area (Å²) in [6.07, 6.45) is 8.52. The van der Waals surface area contributed by atoms with Crippen molar-refractivity contribution in [2.45, 2.75) is 43.8 Å². The van der Waals surface area contributed by atoms with E-state index in [9.17, 15) is 4.79 Å². The summed E-state index contributed by atoms with van der Waals surface area (Å²) in [5, 5.41) is 11.1. The highest BCUT2D eigenvalue weighted by Gasteiger charge is 2.39. The van der Waals surface area contributed by atoms with Crippen LogP contribution in [0.3, 0.4) is 0 Å². The molecule has 1 atom stereocenters. The van der Waals surface area contributed by atoms with Crippen LogP contribution in [0.5, 0.6) is 5.75 Å². The third-order valence-corrected chi connectivity index (χ3v) is 4.74. The van der Waals surface area contributed by atoms with Gasteiger partial charge in [0.05, 0.1) is 12.3 Å². The molecule has 0 saturated carbocycles. The lowest BCUT2D eigenvalue weighted by Crippen LogP contribution is -2.27. The molecule has 2 aliphatic rings. The van der Waals surface area contributed by atoms with Crippen LogP contribution < -0.4 is 10.1 Å². The number of hydrogen-bond donors (Lipinski definition) is 1. The third kappa shape index (κ3) is 3.99. The first-order chi connectivity index (χ1) is 12.0. The molecule has 0 aromatic heterocycles. The Morgan fingerprint density at radius 3 is 2.92 bits per heavy atom. The predicted molar refractivity (Wildman–Crippen MR) is 96.5 cm³/mol. The Morgan fingerprint density at radius 2 is 2.24 bits per heavy atom. The Kier molecular flexibility index (Phi) is 5.05. The zero-order valence-electron chi connectivity index (χ0n) is 14.8. The normalized spacial score (nSPS) is 19.7. The maximum atomic E-state index is 12.4. The Bertz CT molecular complexity index is 715. The van der Waals surface area contributed by atoms with Crippen LogP contribution in [0.15, 0.2) is 28.4 Å². The molecule has 0 bridgehead atoms. The summed E-state index contributed by atoms with van der Waals surface area (Å²) in [7, 11) is 4.12. The number of nitrogens with one attached hydrogen (secondary N) is 1. The van der Waals surface area contributed by atoms with Gasteiger partial charge in [0.25, 0.3) is 0 Å². The first-order valence-corrected chi connectivity index (χ1v) is 8.64. The van der Waals surface area contributed by atoms with Crippen molar-refractivity contribution in [1.82, 2.24) is 4.90 Å². The van der Waals surface area contributed by atoms with Crippen molar-refractivity contribution in [1.29, 1.82) is 0 Å². The Morgan fingerprint density at radius 1 is 1.44 bits per heavy atom. The minimum absolute atomic E-state index is 0.0543. The predicted octanol–water partition coefficient (Wildman–Crippen LogP) is 3.37. The van der Waals surface area contributed by atoms with Gasteiger partial charge in [-0.05, 0) is 20.2 Å². The first kappa shape index (κ1) is 17.4. The quantitative estimate of drug-likeness (QED) is 0.774. The molecule has 132 valence electrons. The van der Waals surface area contributed by atoms with E-state index >= 15 is 0 Å². The summed E-state index contributed by atoms with van der Waals surface area (Å²) in [4.78, 5) is 14.5. The average molecular weight is 340 g/mol. The fourth-order valence-corrected chi connectivity index (χ4v) is 3.24. The number of ether oxygens (including phenoxy) is 1. The van der Waals surface area contributed by atoms with Crippen LogP contribution in [0.1, 0.15) is 43.7 Å². The van der Waals surface area contributed by atoms with Crippen molar-refractivity contribution in [3.05, 3.63) is 23.8 Å². The van der Waals surface area contributed by atoms with Crippen LogP contribution in [0.4, 0.5) is 5.69 Å². The molecule has 0 fully saturated rings. The number of nitrogens with zero attached hydrogens (tertiary/aromatic N) is 3. The highest BCUT2D eigenvalue weighted by molar-refractivity contribution is 5.92. The minimum atomic E-state index is -0.424. The van der Waals surface area contributed by atoms with Crippen LogP contribution >= 0.6 is 0 Å². The smallest absolute Gasteiger partial charge is 0.224 e. The molecule has 25 heavy (non-hydrogen) atoms. The van der Waals surface area contributed by atoms with Crippen LogP contribution in [0.2, 0.25) is 0 Å². The molecule has 0 radical (unpaired) electrons. The molecule has 0 saturated heterocycles. The summed E-state index contributed by atoms with van der Waals surface area (Å²) in [6, 6.07) is 6.21. The van der Waals surface area contributed by atoms with Crippen molar-refractivity contribution in [2.24, 2.45) is 10.2 Å². The first-order valence-electron chi connectivity index (χ1n) is 8.64. The molecule has 1 unspecified atom stereocenters. The summed E-state index contributed by atoms with van der Waals surface area (Å²) in [5.41, 5.74) is 1.43. The van der Waals surface area contributed by atoms with Gasteiger partial charge in [0.15, 0.2) is 5.66 Å². The number of para-hydroxylation sites is 1. The van der Waals surface area contributed by atoms with Crippen LogP contribution in [-0.4, -0.2) is 37.2 Å².